The van der Waals surface area contributed by atoms with Gasteiger partial charge in [-0.25, -0.2) is 9.78 Å². The molecule has 0 aromatic carbocycles. The highest BCUT2D eigenvalue weighted by Crippen LogP contribution is 2.28. The molecule has 2 rings (SSSR count). The predicted octanol–water partition coefficient (Wildman–Crippen LogP) is 3.45. The average Bonchev–Trinajstić information content (AvgIpc) is 2.81. The van der Waals surface area contributed by atoms with E-state index in [-0.39, 0.29) is 17.2 Å². The molecular weight excluding hydrogens is 396 g/mol. The average molecular weight is 425 g/mol. The Bertz CT molecular complexity index is 955. The molecule has 0 spiro atoms. The van der Waals surface area contributed by atoms with Crippen LogP contribution >= 0.6 is 23.1 Å². The van der Waals surface area contributed by atoms with E-state index in [1.54, 1.807) is 4.57 Å². The molecule has 0 fully saturated rings. The van der Waals surface area contributed by atoms with Gasteiger partial charge in [-0.15, -0.1) is 11.3 Å². The lowest BCUT2D eigenvalue weighted by atomic mass is 10.1. The van der Waals surface area contributed by atoms with E-state index in [2.05, 4.69) is 15.6 Å². The number of hydrogen-bond donors (Lipinski definition) is 2. The van der Waals surface area contributed by atoms with Crippen LogP contribution in [0.4, 0.5) is 4.79 Å². The number of aromatic nitrogens is 2. The van der Waals surface area contributed by atoms with E-state index in [9.17, 15) is 14.4 Å². The standard InChI is InChI=1S/C19H28N4O3S2/c1-10(2)8-23-16(25)14-11(3)12(4)28-15(14)21-18(23)27-9-13(24)20-17(26)22-19(5,6)7/h10H,8-9H2,1-7H3,(H2,20,22,24,26). The smallest absolute Gasteiger partial charge is 0.321 e. The highest BCUT2D eigenvalue weighted by molar-refractivity contribution is 7.99. The van der Waals surface area contributed by atoms with Crippen LogP contribution in [0.2, 0.25) is 0 Å². The first-order chi connectivity index (χ1) is 12.9. The normalized spacial score (nSPS) is 11.9. The van der Waals surface area contributed by atoms with Crippen molar-refractivity contribution in [1.82, 2.24) is 20.2 Å². The van der Waals surface area contributed by atoms with Crippen molar-refractivity contribution < 1.29 is 9.59 Å². The fourth-order valence-corrected chi connectivity index (χ4v) is 4.49. The van der Waals surface area contributed by atoms with Crippen LogP contribution in [-0.4, -0.2) is 32.8 Å². The molecular formula is C19H28N4O3S2. The van der Waals surface area contributed by atoms with Crippen molar-refractivity contribution in [3.63, 3.8) is 0 Å². The van der Waals surface area contributed by atoms with Gasteiger partial charge in [0.15, 0.2) is 5.16 Å². The van der Waals surface area contributed by atoms with Gasteiger partial charge in [-0.3, -0.25) is 19.5 Å². The zero-order chi connectivity index (χ0) is 21.2. The zero-order valence-electron chi connectivity index (χ0n) is 17.4. The maximum Gasteiger partial charge on any atom is 0.321 e. The number of aryl methyl sites for hydroxylation is 2. The number of imide groups is 1. The van der Waals surface area contributed by atoms with E-state index in [1.807, 2.05) is 48.5 Å². The summed E-state index contributed by atoms with van der Waals surface area (Å²) in [5, 5.41) is 6.14. The summed E-state index contributed by atoms with van der Waals surface area (Å²) >= 11 is 2.65. The largest absolute Gasteiger partial charge is 0.333 e. The fraction of sp³-hybridized carbons (Fsp3) is 0.579. The van der Waals surface area contributed by atoms with Gasteiger partial charge < -0.3 is 5.32 Å². The number of carbonyl (C=O) groups excluding carboxylic acids is 2. The number of hydrogen-bond acceptors (Lipinski definition) is 6. The summed E-state index contributed by atoms with van der Waals surface area (Å²) < 4.78 is 1.64. The minimum absolute atomic E-state index is 0.00303. The van der Waals surface area contributed by atoms with Crippen molar-refractivity contribution in [2.24, 2.45) is 5.92 Å². The Hall–Kier alpha value is -1.87. The monoisotopic (exact) mass is 424 g/mol. The quantitative estimate of drug-likeness (QED) is 0.566. The van der Waals surface area contributed by atoms with Gasteiger partial charge >= 0.3 is 6.03 Å². The Morgan fingerprint density at radius 3 is 2.46 bits per heavy atom. The third-order valence-electron chi connectivity index (χ3n) is 3.88. The third kappa shape index (κ3) is 5.57. The Balaban J connectivity index is 2.24. The number of rotatable bonds is 5. The minimum Gasteiger partial charge on any atom is -0.333 e. The summed E-state index contributed by atoms with van der Waals surface area (Å²) in [6, 6.07) is -0.536. The van der Waals surface area contributed by atoms with Crippen LogP contribution in [0.1, 0.15) is 45.1 Å². The van der Waals surface area contributed by atoms with E-state index in [4.69, 9.17) is 0 Å². The Kier molecular flexibility index (Phi) is 6.93. The van der Waals surface area contributed by atoms with Crippen molar-refractivity contribution in [3.8, 4) is 0 Å². The van der Waals surface area contributed by atoms with E-state index >= 15 is 0 Å². The lowest BCUT2D eigenvalue weighted by Crippen LogP contribution is -2.48. The Morgan fingerprint density at radius 2 is 1.89 bits per heavy atom. The molecule has 0 saturated heterocycles. The number of fused-ring (bicyclic) bond motifs is 1. The number of nitrogens with zero attached hydrogens (tertiary/aromatic N) is 2. The summed E-state index contributed by atoms with van der Waals surface area (Å²) in [6.45, 7) is 14.0. The number of urea groups is 1. The Morgan fingerprint density at radius 1 is 1.25 bits per heavy atom. The molecule has 0 aliphatic heterocycles. The van der Waals surface area contributed by atoms with Crippen LogP contribution in [0.25, 0.3) is 10.2 Å². The molecule has 28 heavy (non-hydrogen) atoms. The number of carbonyl (C=O) groups is 2. The molecule has 0 saturated carbocycles. The lowest BCUT2D eigenvalue weighted by Gasteiger charge is -2.20. The first-order valence-corrected chi connectivity index (χ1v) is 10.9. The van der Waals surface area contributed by atoms with Crippen LogP contribution < -0.4 is 16.2 Å². The van der Waals surface area contributed by atoms with E-state index in [0.29, 0.717) is 21.9 Å². The highest BCUT2D eigenvalue weighted by atomic mass is 32.2. The van der Waals surface area contributed by atoms with Gasteiger partial charge in [0.1, 0.15) is 4.83 Å². The maximum absolute atomic E-state index is 13.0. The summed E-state index contributed by atoms with van der Waals surface area (Å²) in [7, 11) is 0. The first kappa shape index (κ1) is 22.4. The summed E-state index contributed by atoms with van der Waals surface area (Å²) in [5.74, 6) is -0.185. The van der Waals surface area contributed by atoms with Crippen molar-refractivity contribution in [2.75, 3.05) is 5.75 Å². The molecule has 0 unspecified atom stereocenters. The molecule has 7 nitrogen and oxygen atoms in total. The maximum atomic E-state index is 13.0. The minimum atomic E-state index is -0.536. The summed E-state index contributed by atoms with van der Waals surface area (Å²) in [5.41, 5.74) is 0.452. The lowest BCUT2D eigenvalue weighted by molar-refractivity contribution is -0.117. The molecule has 9 heteroatoms. The van der Waals surface area contributed by atoms with Crippen LogP contribution in [0.15, 0.2) is 9.95 Å². The Labute approximate surface area is 173 Å². The van der Waals surface area contributed by atoms with Crippen molar-refractivity contribution in [3.05, 3.63) is 20.8 Å². The molecule has 3 amide bonds. The number of nitrogens with one attached hydrogen (secondary N) is 2. The van der Waals surface area contributed by atoms with E-state index in [0.717, 1.165) is 10.4 Å². The van der Waals surface area contributed by atoms with Gasteiger partial charge in [-0.05, 0) is 46.1 Å². The van der Waals surface area contributed by atoms with Gasteiger partial charge in [-0.2, -0.15) is 0 Å². The predicted molar refractivity (Wildman–Crippen MR) is 115 cm³/mol. The van der Waals surface area contributed by atoms with Crippen molar-refractivity contribution in [2.45, 2.75) is 65.7 Å². The molecule has 0 aliphatic carbocycles. The van der Waals surface area contributed by atoms with Gasteiger partial charge in [-0.1, -0.05) is 25.6 Å². The van der Waals surface area contributed by atoms with Crippen molar-refractivity contribution in [1.29, 1.82) is 0 Å². The summed E-state index contributed by atoms with van der Waals surface area (Å²) in [4.78, 5) is 43.4. The zero-order valence-corrected chi connectivity index (χ0v) is 19.1. The van der Waals surface area contributed by atoms with Crippen LogP contribution in [-0.2, 0) is 11.3 Å². The summed E-state index contributed by atoms with van der Waals surface area (Å²) in [6.07, 6.45) is 0. The molecule has 0 bridgehead atoms. The molecule has 2 heterocycles. The van der Waals surface area contributed by atoms with Gasteiger partial charge in [0, 0.05) is 17.0 Å². The molecule has 2 N–H and O–H groups in total. The van der Waals surface area contributed by atoms with Crippen molar-refractivity contribution >= 4 is 45.3 Å². The number of thiophene rings is 1. The van der Waals surface area contributed by atoms with Crippen LogP contribution in [0.5, 0.6) is 0 Å². The molecule has 2 aromatic heterocycles. The van der Waals surface area contributed by atoms with Gasteiger partial charge in [0.2, 0.25) is 5.91 Å². The first-order valence-electron chi connectivity index (χ1n) is 9.14. The molecule has 0 aliphatic rings. The van der Waals surface area contributed by atoms with Gasteiger partial charge in [0.05, 0.1) is 11.1 Å². The second kappa shape index (κ2) is 8.65. The molecule has 0 radical (unpaired) electrons. The second-order valence-corrected chi connectivity index (χ2v) is 10.4. The van der Waals surface area contributed by atoms with E-state index in [1.165, 1.54) is 23.1 Å². The van der Waals surface area contributed by atoms with Crippen LogP contribution in [0, 0.1) is 19.8 Å². The molecule has 2 aromatic rings. The number of amides is 3. The second-order valence-electron chi connectivity index (χ2n) is 8.21. The number of thioether (sulfide) groups is 1. The highest BCUT2D eigenvalue weighted by Gasteiger charge is 2.19. The third-order valence-corrected chi connectivity index (χ3v) is 5.95. The SMILES string of the molecule is Cc1sc2nc(SCC(=O)NC(=O)NC(C)(C)C)n(CC(C)C)c(=O)c2c1C. The van der Waals surface area contributed by atoms with Crippen LogP contribution in [0.3, 0.4) is 0 Å². The fourth-order valence-electron chi connectivity index (χ4n) is 2.61. The molecule has 0 atom stereocenters. The van der Waals surface area contributed by atoms with E-state index < -0.39 is 17.5 Å². The molecule has 154 valence electrons. The van der Waals surface area contributed by atoms with Gasteiger partial charge in [0.25, 0.3) is 5.56 Å². The topological polar surface area (TPSA) is 93.1 Å².